The minimum Gasteiger partial charge on any atom is -0.472 e. The Balaban J connectivity index is 1.13. The summed E-state index contributed by atoms with van der Waals surface area (Å²) in [7, 11) is 2.16. The Morgan fingerprint density at radius 2 is 1.94 bits per heavy atom. The van der Waals surface area contributed by atoms with E-state index in [2.05, 4.69) is 34.0 Å². The predicted molar refractivity (Wildman–Crippen MR) is 120 cm³/mol. The number of alkyl halides is 1. The monoisotopic (exact) mass is 434 g/mol. The Kier molecular flexibility index (Phi) is 4.82. The molecule has 0 amide bonds. The number of nitrogens with zero attached hydrogens (tertiary/aromatic N) is 6. The Morgan fingerprint density at radius 3 is 2.69 bits per heavy atom. The average Bonchev–Trinajstić information content (AvgIpc) is 3.27. The molecule has 166 valence electrons. The van der Waals surface area contributed by atoms with E-state index in [0.29, 0.717) is 37.4 Å². The first-order chi connectivity index (χ1) is 15.7. The molecule has 2 fully saturated rings. The zero-order valence-electron chi connectivity index (χ0n) is 18.2. The van der Waals surface area contributed by atoms with E-state index in [1.165, 1.54) is 0 Å². The molecule has 3 aromatic heterocycles. The van der Waals surface area contributed by atoms with Crippen molar-refractivity contribution in [3.8, 4) is 22.8 Å². The summed E-state index contributed by atoms with van der Waals surface area (Å²) < 4.78 is 20.8. The van der Waals surface area contributed by atoms with Crippen LogP contribution < -0.4 is 9.64 Å². The van der Waals surface area contributed by atoms with Gasteiger partial charge in [0.05, 0.1) is 17.4 Å². The lowest BCUT2D eigenvalue weighted by Gasteiger charge is -2.44. The second-order valence-corrected chi connectivity index (χ2v) is 9.07. The van der Waals surface area contributed by atoms with Gasteiger partial charge in [-0.25, -0.2) is 19.0 Å². The van der Waals surface area contributed by atoms with Crippen LogP contribution >= 0.6 is 0 Å². The molecule has 0 N–H and O–H groups in total. The maximum absolute atomic E-state index is 13.2. The van der Waals surface area contributed by atoms with Crippen LogP contribution in [0, 0.1) is 0 Å². The molecule has 0 atom stereocenters. The van der Waals surface area contributed by atoms with Crippen molar-refractivity contribution in [1.29, 1.82) is 0 Å². The summed E-state index contributed by atoms with van der Waals surface area (Å²) in [4.78, 5) is 13.8. The van der Waals surface area contributed by atoms with E-state index in [0.717, 1.165) is 54.3 Å². The van der Waals surface area contributed by atoms with Crippen LogP contribution in [0.15, 0.2) is 42.9 Å². The molecule has 1 saturated heterocycles. The second-order valence-electron chi connectivity index (χ2n) is 9.07. The summed E-state index contributed by atoms with van der Waals surface area (Å²) in [5.41, 5.74) is 3.81. The number of hydrogen-bond donors (Lipinski definition) is 0. The third kappa shape index (κ3) is 3.43. The van der Waals surface area contributed by atoms with Crippen molar-refractivity contribution in [2.24, 2.45) is 0 Å². The minimum atomic E-state index is -0.593. The molecule has 5 heterocycles. The second kappa shape index (κ2) is 7.85. The quantitative estimate of drug-likeness (QED) is 0.625. The van der Waals surface area contributed by atoms with Gasteiger partial charge in [0, 0.05) is 43.1 Å². The number of aromatic nitrogens is 4. The van der Waals surface area contributed by atoms with Crippen LogP contribution in [-0.4, -0.2) is 63.0 Å². The highest BCUT2D eigenvalue weighted by molar-refractivity contribution is 5.69. The van der Waals surface area contributed by atoms with Crippen molar-refractivity contribution >= 4 is 5.82 Å². The number of hydrogen-bond acceptors (Lipinski definition) is 6. The van der Waals surface area contributed by atoms with E-state index >= 15 is 0 Å². The molecule has 0 unspecified atom stereocenters. The van der Waals surface area contributed by atoms with Gasteiger partial charge in [-0.05, 0) is 57.0 Å². The molecular weight excluding hydrogens is 407 g/mol. The third-order valence-electron chi connectivity index (χ3n) is 7.17. The lowest BCUT2D eigenvalue weighted by molar-refractivity contribution is 0.0367. The molecular formula is C24H27FN6O. The van der Waals surface area contributed by atoms with Gasteiger partial charge in [-0.3, -0.25) is 0 Å². The zero-order chi connectivity index (χ0) is 21.7. The van der Waals surface area contributed by atoms with Crippen LogP contribution in [0.3, 0.4) is 0 Å². The summed E-state index contributed by atoms with van der Waals surface area (Å²) in [5, 5.41) is 4.78. The average molecular weight is 435 g/mol. The van der Waals surface area contributed by atoms with E-state index in [4.69, 9.17) is 14.8 Å². The number of pyridine rings is 2. The summed E-state index contributed by atoms with van der Waals surface area (Å²) in [6.45, 7) is 2.43. The number of rotatable bonds is 4. The van der Waals surface area contributed by atoms with Gasteiger partial charge in [-0.1, -0.05) is 0 Å². The van der Waals surface area contributed by atoms with E-state index in [1.54, 1.807) is 6.20 Å². The molecule has 0 bridgehead atoms. The maximum atomic E-state index is 13.2. The van der Waals surface area contributed by atoms with Gasteiger partial charge in [0.15, 0.2) is 0 Å². The van der Waals surface area contributed by atoms with E-state index in [9.17, 15) is 4.39 Å². The van der Waals surface area contributed by atoms with Gasteiger partial charge in [0.2, 0.25) is 5.88 Å². The molecule has 2 aliphatic heterocycles. The highest BCUT2D eigenvalue weighted by Crippen LogP contribution is 2.35. The van der Waals surface area contributed by atoms with Crippen molar-refractivity contribution in [1.82, 2.24) is 24.6 Å². The van der Waals surface area contributed by atoms with Gasteiger partial charge in [-0.15, -0.1) is 0 Å². The summed E-state index contributed by atoms with van der Waals surface area (Å²) in [5.74, 6) is 1.63. The highest BCUT2D eigenvalue weighted by atomic mass is 19.1. The Hall–Kier alpha value is -3.00. The number of anilines is 1. The lowest BCUT2D eigenvalue weighted by Crippen LogP contribution is -2.52. The zero-order valence-corrected chi connectivity index (χ0v) is 18.2. The Morgan fingerprint density at radius 1 is 1.09 bits per heavy atom. The van der Waals surface area contributed by atoms with Crippen LogP contribution in [0.5, 0.6) is 5.88 Å². The highest BCUT2D eigenvalue weighted by Gasteiger charge is 2.36. The molecule has 0 spiro atoms. The first-order valence-electron chi connectivity index (χ1n) is 11.4. The standard InChI is InChI=1S/C24H27FN6O/c1-29(20-11-17(25)12-20)18-6-9-30(10-7-18)22-5-4-19(13-27-22)31-14-16-15-32-24-21(23(16)28-31)3-2-8-26-24/h2-5,8,13-14,17-18,20H,6-7,9-12,15H2,1H3. The molecule has 0 radical (unpaired) electrons. The van der Waals surface area contributed by atoms with Crippen molar-refractivity contribution in [2.45, 2.75) is 50.5 Å². The number of piperidine rings is 1. The molecule has 0 aromatic carbocycles. The van der Waals surface area contributed by atoms with Crippen LogP contribution in [0.25, 0.3) is 16.9 Å². The third-order valence-corrected chi connectivity index (χ3v) is 7.17. The summed E-state index contributed by atoms with van der Waals surface area (Å²) in [6.07, 6.45) is 8.61. The normalized spacial score (nSPS) is 22.8. The van der Waals surface area contributed by atoms with Gasteiger partial charge in [0.1, 0.15) is 24.3 Å². The van der Waals surface area contributed by atoms with Gasteiger partial charge in [-0.2, -0.15) is 5.10 Å². The molecule has 3 aromatic rings. The smallest absolute Gasteiger partial charge is 0.223 e. The first kappa shape index (κ1) is 19.7. The Labute approximate surface area is 186 Å². The van der Waals surface area contributed by atoms with Gasteiger partial charge < -0.3 is 14.5 Å². The summed E-state index contributed by atoms with van der Waals surface area (Å²) >= 11 is 0. The number of ether oxygens (including phenoxy) is 1. The molecule has 7 nitrogen and oxygen atoms in total. The fourth-order valence-corrected chi connectivity index (χ4v) is 5.06. The van der Waals surface area contributed by atoms with Crippen LogP contribution in [-0.2, 0) is 6.61 Å². The van der Waals surface area contributed by atoms with Crippen LogP contribution in [0.4, 0.5) is 10.2 Å². The SMILES string of the molecule is CN(C1CCN(c2ccc(-n3cc4c(n3)-c3cccnc3OC4)cn2)CC1)C1CC(F)C1. The molecule has 32 heavy (non-hydrogen) atoms. The van der Waals surface area contributed by atoms with Crippen LogP contribution in [0.1, 0.15) is 31.2 Å². The summed E-state index contributed by atoms with van der Waals surface area (Å²) in [6, 6.07) is 8.99. The van der Waals surface area contributed by atoms with E-state index in [1.807, 2.05) is 29.2 Å². The van der Waals surface area contributed by atoms with Gasteiger partial charge >= 0.3 is 0 Å². The molecule has 1 saturated carbocycles. The minimum absolute atomic E-state index is 0.423. The van der Waals surface area contributed by atoms with Crippen LogP contribution in [0.2, 0.25) is 0 Å². The molecule has 6 rings (SSSR count). The van der Waals surface area contributed by atoms with E-state index < -0.39 is 6.17 Å². The van der Waals surface area contributed by atoms with Crippen molar-refractivity contribution in [3.05, 3.63) is 48.4 Å². The predicted octanol–water partition coefficient (Wildman–Crippen LogP) is 3.62. The fraction of sp³-hybridized carbons (Fsp3) is 0.458. The largest absolute Gasteiger partial charge is 0.472 e. The number of fused-ring (bicyclic) bond motifs is 3. The maximum Gasteiger partial charge on any atom is 0.223 e. The van der Waals surface area contributed by atoms with Crippen molar-refractivity contribution < 1.29 is 9.13 Å². The van der Waals surface area contributed by atoms with Crippen molar-refractivity contribution in [3.63, 3.8) is 0 Å². The first-order valence-corrected chi connectivity index (χ1v) is 11.4. The van der Waals surface area contributed by atoms with Crippen molar-refractivity contribution in [2.75, 3.05) is 25.0 Å². The number of halogens is 1. The Bertz CT molecular complexity index is 1100. The molecule has 8 heteroatoms. The molecule has 3 aliphatic rings. The van der Waals surface area contributed by atoms with E-state index in [-0.39, 0.29) is 0 Å². The topological polar surface area (TPSA) is 59.3 Å². The fourth-order valence-electron chi connectivity index (χ4n) is 5.06. The molecule has 1 aliphatic carbocycles. The van der Waals surface area contributed by atoms with Gasteiger partial charge in [0.25, 0.3) is 0 Å². The lowest BCUT2D eigenvalue weighted by atomic mass is 9.87.